The number of hydrogen-bond donors (Lipinski definition) is 1. The SMILES string of the molecule is CN=C(NCc1ccc(OC2CCCC2)c(OC)c1)N(C)CCC1CCOCC1.I. The molecule has 6 nitrogen and oxygen atoms in total. The average molecular weight is 531 g/mol. The number of guanidine groups is 1. The first kappa shape index (κ1) is 25.0. The van der Waals surface area contributed by atoms with E-state index in [1.807, 2.05) is 13.1 Å². The Kier molecular flexibility index (Phi) is 11.1. The van der Waals surface area contributed by atoms with E-state index in [9.17, 15) is 0 Å². The van der Waals surface area contributed by atoms with Gasteiger partial charge in [0.2, 0.25) is 0 Å². The van der Waals surface area contributed by atoms with E-state index in [0.29, 0.717) is 12.6 Å². The van der Waals surface area contributed by atoms with Crippen molar-refractivity contribution in [2.24, 2.45) is 10.9 Å². The Hall–Kier alpha value is -1.22. The van der Waals surface area contributed by atoms with E-state index in [-0.39, 0.29) is 24.0 Å². The molecule has 1 aromatic carbocycles. The van der Waals surface area contributed by atoms with E-state index >= 15 is 0 Å². The smallest absolute Gasteiger partial charge is 0.193 e. The van der Waals surface area contributed by atoms with Crippen molar-refractivity contribution in [1.29, 1.82) is 0 Å². The van der Waals surface area contributed by atoms with Gasteiger partial charge in [-0.3, -0.25) is 4.99 Å². The van der Waals surface area contributed by atoms with Gasteiger partial charge in [-0.05, 0) is 68.6 Å². The molecule has 2 aliphatic rings. The van der Waals surface area contributed by atoms with Crippen LogP contribution in [0.25, 0.3) is 0 Å². The molecule has 2 fully saturated rings. The lowest BCUT2D eigenvalue weighted by atomic mass is 9.96. The monoisotopic (exact) mass is 531 g/mol. The van der Waals surface area contributed by atoms with Crippen LogP contribution in [0.1, 0.15) is 50.5 Å². The molecule has 0 atom stereocenters. The maximum atomic E-state index is 6.14. The number of aliphatic imine (C=N–C) groups is 1. The van der Waals surface area contributed by atoms with Crippen LogP contribution < -0.4 is 14.8 Å². The summed E-state index contributed by atoms with van der Waals surface area (Å²) in [6.45, 7) is 3.52. The van der Waals surface area contributed by atoms with Gasteiger partial charge in [-0.15, -0.1) is 24.0 Å². The number of benzene rings is 1. The molecule has 1 aliphatic carbocycles. The van der Waals surface area contributed by atoms with Gasteiger partial charge in [-0.2, -0.15) is 0 Å². The Morgan fingerprint density at radius 3 is 2.57 bits per heavy atom. The molecule has 0 bridgehead atoms. The molecular formula is C23H38IN3O3. The van der Waals surface area contributed by atoms with Crippen LogP contribution in [-0.2, 0) is 11.3 Å². The Bertz CT molecular complexity index is 659. The van der Waals surface area contributed by atoms with Crippen molar-refractivity contribution >= 4 is 29.9 Å². The number of nitrogens with zero attached hydrogens (tertiary/aromatic N) is 2. The molecule has 30 heavy (non-hydrogen) atoms. The fourth-order valence-corrected chi connectivity index (χ4v) is 4.19. The fourth-order valence-electron chi connectivity index (χ4n) is 4.19. The molecule has 0 spiro atoms. The van der Waals surface area contributed by atoms with E-state index in [2.05, 4.69) is 34.4 Å². The van der Waals surface area contributed by atoms with E-state index in [1.54, 1.807) is 7.11 Å². The second-order valence-electron chi connectivity index (χ2n) is 8.18. The quantitative estimate of drug-likeness (QED) is 0.305. The van der Waals surface area contributed by atoms with Gasteiger partial charge in [0.05, 0.1) is 13.2 Å². The lowest BCUT2D eigenvalue weighted by Gasteiger charge is -2.27. The summed E-state index contributed by atoms with van der Waals surface area (Å²) in [5.74, 6) is 3.34. The first-order chi connectivity index (χ1) is 14.2. The third kappa shape index (κ3) is 7.48. The number of hydrogen-bond acceptors (Lipinski definition) is 4. The Morgan fingerprint density at radius 1 is 1.17 bits per heavy atom. The van der Waals surface area contributed by atoms with Crippen molar-refractivity contribution in [3.05, 3.63) is 23.8 Å². The van der Waals surface area contributed by atoms with Crippen LogP contribution in [0.15, 0.2) is 23.2 Å². The van der Waals surface area contributed by atoms with Crippen molar-refractivity contribution in [3.8, 4) is 11.5 Å². The summed E-state index contributed by atoms with van der Waals surface area (Å²) in [7, 11) is 5.65. The third-order valence-electron chi connectivity index (χ3n) is 6.06. The van der Waals surface area contributed by atoms with Gasteiger partial charge in [0.25, 0.3) is 0 Å². The standard InChI is InChI=1S/C23H37N3O3.HI/c1-24-23(26(2)13-10-18-11-14-28-15-12-18)25-17-19-8-9-21(22(16-19)27-3)29-20-6-4-5-7-20;/h8-9,16,18,20H,4-7,10-15,17H2,1-3H3,(H,24,25);1H. The molecule has 3 rings (SSSR count). The summed E-state index contributed by atoms with van der Waals surface area (Å²) >= 11 is 0. The zero-order chi connectivity index (χ0) is 20.5. The zero-order valence-corrected chi connectivity index (χ0v) is 21.0. The first-order valence-corrected chi connectivity index (χ1v) is 11.0. The maximum Gasteiger partial charge on any atom is 0.193 e. The molecular weight excluding hydrogens is 493 g/mol. The minimum Gasteiger partial charge on any atom is -0.493 e. The highest BCUT2D eigenvalue weighted by molar-refractivity contribution is 14.0. The van der Waals surface area contributed by atoms with Crippen LogP contribution in [-0.4, -0.2) is 57.9 Å². The molecule has 1 N–H and O–H groups in total. The van der Waals surface area contributed by atoms with Crippen molar-refractivity contribution in [3.63, 3.8) is 0 Å². The van der Waals surface area contributed by atoms with Crippen molar-refractivity contribution in [1.82, 2.24) is 10.2 Å². The Morgan fingerprint density at radius 2 is 1.90 bits per heavy atom. The first-order valence-electron chi connectivity index (χ1n) is 11.0. The van der Waals surface area contributed by atoms with E-state index in [0.717, 1.165) is 61.5 Å². The summed E-state index contributed by atoms with van der Waals surface area (Å²) in [6, 6.07) is 6.20. The summed E-state index contributed by atoms with van der Waals surface area (Å²) in [5.41, 5.74) is 1.15. The predicted octanol–water partition coefficient (Wildman–Crippen LogP) is 4.46. The molecule has 170 valence electrons. The van der Waals surface area contributed by atoms with Crippen LogP contribution in [0, 0.1) is 5.92 Å². The van der Waals surface area contributed by atoms with Gasteiger partial charge in [0, 0.05) is 40.4 Å². The Balaban J connectivity index is 0.00000320. The highest BCUT2D eigenvalue weighted by Crippen LogP contribution is 2.32. The average Bonchev–Trinajstić information content (AvgIpc) is 3.27. The van der Waals surface area contributed by atoms with Gasteiger partial charge in [-0.25, -0.2) is 0 Å². The molecule has 1 saturated heterocycles. The number of halogens is 1. The second kappa shape index (κ2) is 13.2. The van der Waals surface area contributed by atoms with Crippen molar-refractivity contribution < 1.29 is 14.2 Å². The van der Waals surface area contributed by atoms with Crippen molar-refractivity contribution in [2.45, 2.75) is 57.6 Å². The topological polar surface area (TPSA) is 55.3 Å². The van der Waals surface area contributed by atoms with Gasteiger partial charge in [-0.1, -0.05) is 6.07 Å². The summed E-state index contributed by atoms with van der Waals surface area (Å²) in [6.07, 6.45) is 8.67. The number of methoxy groups -OCH3 is 1. The molecule has 1 aliphatic heterocycles. The minimum atomic E-state index is 0. The normalized spacial score (nSPS) is 18.0. The van der Waals surface area contributed by atoms with Gasteiger partial charge in [0.1, 0.15) is 0 Å². The fraction of sp³-hybridized carbons (Fsp3) is 0.696. The van der Waals surface area contributed by atoms with E-state index < -0.39 is 0 Å². The minimum absolute atomic E-state index is 0. The predicted molar refractivity (Wildman–Crippen MR) is 132 cm³/mol. The Labute approximate surface area is 198 Å². The van der Waals surface area contributed by atoms with Crippen LogP contribution in [0.5, 0.6) is 11.5 Å². The molecule has 7 heteroatoms. The number of nitrogens with one attached hydrogen (secondary N) is 1. The molecule has 0 amide bonds. The zero-order valence-electron chi connectivity index (χ0n) is 18.7. The van der Waals surface area contributed by atoms with Crippen LogP contribution in [0.4, 0.5) is 0 Å². The largest absolute Gasteiger partial charge is 0.493 e. The lowest BCUT2D eigenvalue weighted by molar-refractivity contribution is 0.0625. The molecule has 0 radical (unpaired) electrons. The lowest BCUT2D eigenvalue weighted by Crippen LogP contribution is -2.39. The van der Waals surface area contributed by atoms with Gasteiger partial charge < -0.3 is 24.4 Å². The third-order valence-corrected chi connectivity index (χ3v) is 6.06. The van der Waals surface area contributed by atoms with Gasteiger partial charge >= 0.3 is 0 Å². The molecule has 1 heterocycles. The van der Waals surface area contributed by atoms with Crippen molar-refractivity contribution in [2.75, 3.05) is 41.0 Å². The molecule has 1 aromatic rings. The highest BCUT2D eigenvalue weighted by Gasteiger charge is 2.19. The number of ether oxygens (including phenoxy) is 3. The summed E-state index contributed by atoms with van der Waals surface area (Å²) in [4.78, 5) is 6.66. The van der Waals surface area contributed by atoms with Crippen LogP contribution in [0.2, 0.25) is 0 Å². The highest BCUT2D eigenvalue weighted by atomic mass is 127. The molecule has 0 unspecified atom stereocenters. The van der Waals surface area contributed by atoms with E-state index in [1.165, 1.54) is 32.1 Å². The molecule has 0 aromatic heterocycles. The summed E-state index contributed by atoms with van der Waals surface area (Å²) in [5, 5.41) is 3.47. The second-order valence-corrected chi connectivity index (χ2v) is 8.18. The number of rotatable bonds is 8. The maximum absolute atomic E-state index is 6.14. The summed E-state index contributed by atoms with van der Waals surface area (Å²) < 4.78 is 17.2. The van der Waals surface area contributed by atoms with E-state index in [4.69, 9.17) is 14.2 Å². The molecule has 1 saturated carbocycles. The van der Waals surface area contributed by atoms with Crippen LogP contribution >= 0.6 is 24.0 Å². The van der Waals surface area contributed by atoms with Gasteiger partial charge in [0.15, 0.2) is 17.5 Å². The van der Waals surface area contributed by atoms with Crippen LogP contribution in [0.3, 0.4) is 0 Å².